The Balaban J connectivity index is 3.36. The van der Waals surface area contributed by atoms with Gasteiger partial charge >= 0.3 is 0 Å². The van der Waals surface area contributed by atoms with E-state index in [1.807, 2.05) is 0 Å². The summed E-state index contributed by atoms with van der Waals surface area (Å²) in [5.41, 5.74) is 0. The van der Waals surface area contributed by atoms with Gasteiger partial charge in [0.15, 0.2) is 5.78 Å². The molecular formula is C8H13NO. The van der Waals surface area contributed by atoms with Crippen LogP contribution in [-0.4, -0.2) is 12.3 Å². The number of ketones is 1. The minimum absolute atomic E-state index is 0.0661. The molecule has 0 radical (unpaired) electrons. The molecule has 0 saturated heterocycles. The fourth-order valence-corrected chi connectivity index (χ4v) is 0.437. The molecule has 0 aromatic rings. The smallest absolute Gasteiger partial charge is 0.179 e. The number of hydrogen-bond donors (Lipinski definition) is 1. The third-order valence-corrected chi connectivity index (χ3v) is 0.961. The van der Waals surface area contributed by atoms with Gasteiger partial charge in [-0.25, -0.2) is 0 Å². The topological polar surface area (TPSA) is 29.1 Å². The highest BCUT2D eigenvalue weighted by atomic mass is 16.1. The van der Waals surface area contributed by atoms with Gasteiger partial charge in [0, 0.05) is 18.8 Å². The monoisotopic (exact) mass is 139 g/mol. The zero-order valence-electron chi connectivity index (χ0n) is 6.26. The standard InChI is InChI=1S/C8H13NO/c1-3-6-9-7-5-8(10)4-2/h4-5,7,9H,2-3,6H2,1H3. The predicted molar refractivity (Wildman–Crippen MR) is 42.6 cm³/mol. The van der Waals surface area contributed by atoms with Gasteiger partial charge in [-0.15, -0.1) is 0 Å². The highest BCUT2D eigenvalue weighted by Gasteiger charge is 1.82. The molecule has 0 saturated carbocycles. The van der Waals surface area contributed by atoms with Crippen LogP contribution in [0.5, 0.6) is 0 Å². The molecule has 0 aliphatic carbocycles. The summed E-state index contributed by atoms with van der Waals surface area (Å²) < 4.78 is 0. The first-order chi connectivity index (χ1) is 4.81. The van der Waals surface area contributed by atoms with Gasteiger partial charge in [-0.1, -0.05) is 13.5 Å². The lowest BCUT2D eigenvalue weighted by Gasteiger charge is -1.92. The van der Waals surface area contributed by atoms with Gasteiger partial charge in [-0.05, 0) is 12.5 Å². The summed E-state index contributed by atoms with van der Waals surface area (Å²) in [5.74, 6) is -0.0661. The van der Waals surface area contributed by atoms with Crippen LogP contribution < -0.4 is 5.32 Å². The average Bonchev–Trinajstić information content (AvgIpc) is 1.98. The molecule has 2 heteroatoms. The first-order valence-corrected chi connectivity index (χ1v) is 3.37. The van der Waals surface area contributed by atoms with Crippen LogP contribution >= 0.6 is 0 Å². The second kappa shape index (κ2) is 6.08. The van der Waals surface area contributed by atoms with Crippen molar-refractivity contribution in [1.82, 2.24) is 5.32 Å². The van der Waals surface area contributed by atoms with E-state index in [2.05, 4.69) is 18.8 Å². The van der Waals surface area contributed by atoms with Gasteiger partial charge in [0.1, 0.15) is 0 Å². The van der Waals surface area contributed by atoms with Gasteiger partial charge in [-0.2, -0.15) is 0 Å². The lowest BCUT2D eigenvalue weighted by molar-refractivity contribution is -0.110. The fraction of sp³-hybridized carbons (Fsp3) is 0.375. The number of allylic oxidation sites excluding steroid dienone is 2. The lowest BCUT2D eigenvalue weighted by Crippen LogP contribution is -2.05. The highest BCUT2D eigenvalue weighted by Crippen LogP contribution is 1.75. The minimum Gasteiger partial charge on any atom is -0.391 e. The van der Waals surface area contributed by atoms with E-state index in [1.54, 1.807) is 6.20 Å². The Kier molecular flexibility index (Phi) is 5.44. The molecule has 0 bridgehead atoms. The maximum Gasteiger partial charge on any atom is 0.179 e. The summed E-state index contributed by atoms with van der Waals surface area (Å²) in [6, 6.07) is 0. The number of rotatable bonds is 5. The van der Waals surface area contributed by atoms with Crippen molar-refractivity contribution < 1.29 is 4.79 Å². The van der Waals surface area contributed by atoms with Crippen molar-refractivity contribution in [2.75, 3.05) is 6.54 Å². The van der Waals surface area contributed by atoms with Gasteiger partial charge < -0.3 is 5.32 Å². The molecule has 0 rings (SSSR count). The van der Waals surface area contributed by atoms with E-state index in [-0.39, 0.29) is 5.78 Å². The summed E-state index contributed by atoms with van der Waals surface area (Å²) in [4.78, 5) is 10.5. The Morgan fingerprint density at radius 3 is 2.90 bits per heavy atom. The molecule has 0 unspecified atom stereocenters. The minimum atomic E-state index is -0.0661. The number of carbonyl (C=O) groups excluding carboxylic acids is 1. The molecule has 0 aromatic carbocycles. The maximum absolute atomic E-state index is 10.5. The molecule has 0 atom stereocenters. The number of nitrogens with one attached hydrogen (secondary N) is 1. The van der Waals surface area contributed by atoms with E-state index in [1.165, 1.54) is 12.2 Å². The molecular weight excluding hydrogens is 126 g/mol. The van der Waals surface area contributed by atoms with Gasteiger partial charge in [0.25, 0.3) is 0 Å². The third-order valence-electron chi connectivity index (χ3n) is 0.961. The van der Waals surface area contributed by atoms with Gasteiger partial charge in [0.05, 0.1) is 0 Å². The fourth-order valence-electron chi connectivity index (χ4n) is 0.437. The summed E-state index contributed by atoms with van der Waals surface area (Å²) in [6.07, 6.45) is 5.45. The molecule has 56 valence electrons. The van der Waals surface area contributed by atoms with Crippen molar-refractivity contribution in [2.45, 2.75) is 13.3 Å². The molecule has 2 nitrogen and oxygen atoms in total. The summed E-state index contributed by atoms with van der Waals surface area (Å²) in [7, 11) is 0. The number of carbonyl (C=O) groups is 1. The maximum atomic E-state index is 10.5. The Morgan fingerprint density at radius 1 is 1.70 bits per heavy atom. The molecule has 1 N–H and O–H groups in total. The second-order valence-electron chi connectivity index (χ2n) is 1.89. The van der Waals surface area contributed by atoms with Gasteiger partial charge in [0.2, 0.25) is 0 Å². The van der Waals surface area contributed by atoms with Crippen molar-refractivity contribution in [3.05, 3.63) is 24.9 Å². The zero-order chi connectivity index (χ0) is 7.82. The number of hydrogen-bond acceptors (Lipinski definition) is 2. The Labute approximate surface area is 61.6 Å². The van der Waals surface area contributed by atoms with E-state index in [4.69, 9.17) is 0 Å². The van der Waals surface area contributed by atoms with E-state index < -0.39 is 0 Å². The van der Waals surface area contributed by atoms with Crippen LogP contribution in [0.3, 0.4) is 0 Å². The van der Waals surface area contributed by atoms with Crippen LogP contribution in [0.25, 0.3) is 0 Å². The van der Waals surface area contributed by atoms with Crippen molar-refractivity contribution in [3.63, 3.8) is 0 Å². The van der Waals surface area contributed by atoms with Crippen LogP contribution in [0.1, 0.15) is 13.3 Å². The average molecular weight is 139 g/mol. The van der Waals surface area contributed by atoms with Crippen molar-refractivity contribution in [3.8, 4) is 0 Å². The van der Waals surface area contributed by atoms with Crippen LogP contribution in [0, 0.1) is 0 Å². The van der Waals surface area contributed by atoms with E-state index >= 15 is 0 Å². The molecule has 0 amide bonds. The van der Waals surface area contributed by atoms with Crippen LogP contribution in [0.15, 0.2) is 24.9 Å². The lowest BCUT2D eigenvalue weighted by atomic mass is 10.4. The second-order valence-corrected chi connectivity index (χ2v) is 1.89. The summed E-state index contributed by atoms with van der Waals surface area (Å²) in [6.45, 7) is 6.30. The van der Waals surface area contributed by atoms with Crippen LogP contribution in [0.2, 0.25) is 0 Å². The summed E-state index contributed by atoms with van der Waals surface area (Å²) in [5, 5.41) is 2.95. The quantitative estimate of drug-likeness (QED) is 0.459. The van der Waals surface area contributed by atoms with E-state index in [0.29, 0.717) is 0 Å². The molecule has 0 aromatic heterocycles. The zero-order valence-corrected chi connectivity index (χ0v) is 6.26. The Morgan fingerprint density at radius 2 is 2.40 bits per heavy atom. The van der Waals surface area contributed by atoms with Crippen molar-refractivity contribution in [2.24, 2.45) is 0 Å². The molecule has 0 aliphatic heterocycles. The first kappa shape index (κ1) is 8.95. The predicted octanol–water partition coefficient (Wildman–Crippen LogP) is 1.25. The molecule has 0 heterocycles. The molecule has 0 aliphatic rings. The van der Waals surface area contributed by atoms with Crippen molar-refractivity contribution in [1.29, 1.82) is 0 Å². The first-order valence-electron chi connectivity index (χ1n) is 3.37. The van der Waals surface area contributed by atoms with E-state index in [9.17, 15) is 4.79 Å². The molecule has 10 heavy (non-hydrogen) atoms. The van der Waals surface area contributed by atoms with Crippen LogP contribution in [-0.2, 0) is 4.79 Å². The van der Waals surface area contributed by atoms with Crippen LogP contribution in [0.4, 0.5) is 0 Å². The Bertz CT molecular complexity index is 138. The summed E-state index contributed by atoms with van der Waals surface area (Å²) >= 11 is 0. The largest absolute Gasteiger partial charge is 0.391 e. The van der Waals surface area contributed by atoms with Gasteiger partial charge in [-0.3, -0.25) is 4.79 Å². The van der Waals surface area contributed by atoms with E-state index in [0.717, 1.165) is 13.0 Å². The Hall–Kier alpha value is -1.05. The molecule has 0 fully saturated rings. The highest BCUT2D eigenvalue weighted by molar-refractivity contribution is 5.98. The third kappa shape index (κ3) is 5.09. The van der Waals surface area contributed by atoms with Crippen molar-refractivity contribution >= 4 is 5.78 Å². The molecule has 0 spiro atoms. The SMILES string of the molecule is C=CC(=O)C=CNCCC. The normalized spacial score (nSPS) is 9.70.